The van der Waals surface area contributed by atoms with Gasteiger partial charge in [-0.05, 0) is 67.0 Å². The first-order chi connectivity index (χ1) is 18.6. The van der Waals surface area contributed by atoms with Crippen LogP contribution in [-0.2, 0) is 4.43 Å². The monoisotopic (exact) mass is 595 g/mol. The van der Waals surface area contributed by atoms with Crippen LogP contribution in [0.25, 0.3) is 0 Å². The number of piperidine rings is 1. The second-order valence-electron chi connectivity index (χ2n) is 15.2. The number of nitrogens with one attached hydrogen (secondary N) is 1. The predicted octanol–water partition coefficient (Wildman–Crippen LogP) is 8.57. The summed E-state index contributed by atoms with van der Waals surface area (Å²) in [6.45, 7) is 10.4. The van der Waals surface area contributed by atoms with E-state index in [1.54, 1.807) is 0 Å². The lowest BCUT2D eigenvalue weighted by molar-refractivity contribution is -0.219. The third-order valence-corrected chi connectivity index (χ3v) is 16.4. The third-order valence-electron chi connectivity index (χ3n) is 11.9. The zero-order valence-corrected chi connectivity index (χ0v) is 26.3. The molecule has 0 amide bonds. The molecule has 3 nitrogen and oxygen atoms in total. The molecule has 1 aliphatic heterocycles. The molecule has 3 saturated carbocycles. The highest BCUT2D eigenvalue weighted by molar-refractivity contribution is 6.74. The van der Waals surface area contributed by atoms with Gasteiger partial charge in [-0.2, -0.15) is 13.2 Å². The molecule has 4 fully saturated rings. The molecule has 0 aromatic heterocycles. The number of hydrogen-bond acceptors (Lipinski definition) is 3. The minimum Gasteiger partial charge on any atom is -0.416 e. The van der Waals surface area contributed by atoms with Gasteiger partial charge in [-0.15, -0.1) is 0 Å². The summed E-state index contributed by atoms with van der Waals surface area (Å²) in [7, 11) is -2.34. The van der Waals surface area contributed by atoms with E-state index in [0.717, 1.165) is 64.2 Å². The molecule has 1 saturated heterocycles. The molecule has 3 aliphatic carbocycles. The normalized spacial score (nSPS) is 37.8. The van der Waals surface area contributed by atoms with Crippen molar-refractivity contribution in [2.45, 2.75) is 147 Å². The maximum absolute atomic E-state index is 14.8. The van der Waals surface area contributed by atoms with Crippen molar-refractivity contribution in [2.24, 2.45) is 41.4 Å². The molecular formula is C31H54F5NO2Si. The van der Waals surface area contributed by atoms with Crippen LogP contribution in [0.3, 0.4) is 0 Å². The van der Waals surface area contributed by atoms with Crippen LogP contribution in [0.1, 0.15) is 97.8 Å². The van der Waals surface area contributed by atoms with E-state index in [-0.39, 0.29) is 23.5 Å². The van der Waals surface area contributed by atoms with Gasteiger partial charge in [0, 0.05) is 18.4 Å². The summed E-state index contributed by atoms with van der Waals surface area (Å²) >= 11 is 0. The Morgan fingerprint density at radius 2 is 1.43 bits per heavy atom. The Kier molecular flexibility index (Phi) is 10.4. The Hall–Kier alpha value is -0.253. The lowest BCUT2D eigenvalue weighted by Crippen LogP contribution is -2.69. The Morgan fingerprint density at radius 1 is 0.850 bits per heavy atom. The van der Waals surface area contributed by atoms with Crippen molar-refractivity contribution < 1.29 is 31.5 Å². The Labute approximate surface area is 239 Å². The average molecular weight is 596 g/mol. The van der Waals surface area contributed by atoms with Crippen molar-refractivity contribution in [1.82, 2.24) is 5.32 Å². The molecule has 9 atom stereocenters. The van der Waals surface area contributed by atoms with Crippen molar-refractivity contribution in [3.63, 3.8) is 0 Å². The molecular weight excluding hydrogens is 541 g/mol. The van der Waals surface area contributed by atoms with E-state index in [2.05, 4.69) is 39.2 Å². The molecule has 0 aromatic rings. The van der Waals surface area contributed by atoms with Gasteiger partial charge in [-0.25, -0.2) is 8.78 Å². The molecule has 2 N–H and O–H groups in total. The smallest absolute Gasteiger partial charge is 0.404 e. The predicted molar refractivity (Wildman–Crippen MR) is 152 cm³/mol. The van der Waals surface area contributed by atoms with Crippen LogP contribution in [0.2, 0.25) is 18.1 Å². The fraction of sp³-hybridized carbons (Fsp3) is 1.00. The Balaban J connectivity index is 1.71. The van der Waals surface area contributed by atoms with Gasteiger partial charge in [-0.3, -0.25) is 5.32 Å². The first kappa shape index (κ1) is 32.7. The van der Waals surface area contributed by atoms with Gasteiger partial charge in [0.15, 0.2) is 8.32 Å². The van der Waals surface area contributed by atoms with Gasteiger partial charge in [-0.1, -0.05) is 78.6 Å². The van der Waals surface area contributed by atoms with Crippen molar-refractivity contribution in [3.8, 4) is 0 Å². The first-order valence-electron chi connectivity index (χ1n) is 16.0. The van der Waals surface area contributed by atoms with E-state index >= 15 is 0 Å². The maximum Gasteiger partial charge on any atom is 0.404 e. The van der Waals surface area contributed by atoms with Crippen LogP contribution in [0.4, 0.5) is 22.0 Å². The standard InChI is InChI=1S/C31H54F5NO2Si/c1-30(2,3)40(4,5)39-18-23-24(20-12-7-6-8-13-20)25(28(31(34,35)36)37-26(23)29(32)33)27(38)22-16-15-19-11-9-10-14-21(19)17-22/h19-29,37-38H,6-18H2,1-5H3. The molecule has 0 radical (unpaired) electrons. The fourth-order valence-electron chi connectivity index (χ4n) is 8.64. The molecule has 0 bridgehead atoms. The number of alkyl halides is 5. The first-order valence-corrected chi connectivity index (χ1v) is 19.0. The van der Waals surface area contributed by atoms with E-state index in [1.165, 1.54) is 12.8 Å². The van der Waals surface area contributed by atoms with Gasteiger partial charge in [0.2, 0.25) is 0 Å². The third kappa shape index (κ3) is 7.10. The van der Waals surface area contributed by atoms with Crippen LogP contribution < -0.4 is 5.32 Å². The number of aliphatic hydroxyl groups is 1. The molecule has 1 heterocycles. The van der Waals surface area contributed by atoms with Crippen LogP contribution in [0.15, 0.2) is 0 Å². The lowest BCUT2D eigenvalue weighted by atomic mass is 9.57. The van der Waals surface area contributed by atoms with Gasteiger partial charge in [0.05, 0.1) is 12.1 Å². The molecule has 4 rings (SSSR count). The summed E-state index contributed by atoms with van der Waals surface area (Å²) in [5.74, 6) is -1.83. The molecule has 0 spiro atoms. The van der Waals surface area contributed by atoms with Crippen molar-refractivity contribution in [1.29, 1.82) is 0 Å². The zero-order valence-electron chi connectivity index (χ0n) is 25.3. The average Bonchev–Trinajstić information content (AvgIpc) is 2.89. The summed E-state index contributed by atoms with van der Waals surface area (Å²) in [6.07, 6.45) is 2.52. The van der Waals surface area contributed by atoms with E-state index < -0.39 is 56.9 Å². The molecule has 4 aliphatic rings. The number of halogens is 5. The summed E-state index contributed by atoms with van der Waals surface area (Å²) in [4.78, 5) is 0. The molecule has 0 aromatic carbocycles. The molecule has 9 heteroatoms. The van der Waals surface area contributed by atoms with Gasteiger partial charge >= 0.3 is 6.18 Å². The molecule has 234 valence electrons. The lowest BCUT2D eigenvalue weighted by Gasteiger charge is -2.55. The largest absolute Gasteiger partial charge is 0.416 e. The van der Waals surface area contributed by atoms with E-state index in [0.29, 0.717) is 11.8 Å². The summed E-state index contributed by atoms with van der Waals surface area (Å²) < 4.78 is 80.2. The highest BCUT2D eigenvalue weighted by Gasteiger charge is 2.60. The summed E-state index contributed by atoms with van der Waals surface area (Å²) in [5.41, 5.74) is 0. The van der Waals surface area contributed by atoms with Gasteiger partial charge in [0.25, 0.3) is 6.43 Å². The van der Waals surface area contributed by atoms with Gasteiger partial charge in [0.1, 0.15) is 6.04 Å². The zero-order chi connectivity index (χ0) is 29.5. The van der Waals surface area contributed by atoms with E-state index in [1.807, 2.05) is 0 Å². The molecule has 40 heavy (non-hydrogen) atoms. The van der Waals surface area contributed by atoms with E-state index in [4.69, 9.17) is 4.43 Å². The van der Waals surface area contributed by atoms with Crippen molar-refractivity contribution >= 4 is 8.32 Å². The second kappa shape index (κ2) is 12.8. The topological polar surface area (TPSA) is 41.5 Å². The van der Waals surface area contributed by atoms with Crippen molar-refractivity contribution in [3.05, 3.63) is 0 Å². The van der Waals surface area contributed by atoms with Crippen LogP contribution in [0.5, 0.6) is 0 Å². The Bertz CT molecular complexity index is 813. The highest BCUT2D eigenvalue weighted by atomic mass is 28.4. The minimum absolute atomic E-state index is 0.0167. The summed E-state index contributed by atoms with van der Waals surface area (Å²) in [6, 6.07) is -3.75. The Morgan fingerprint density at radius 3 is 2.00 bits per heavy atom. The molecule has 9 unspecified atom stereocenters. The number of hydrogen-bond donors (Lipinski definition) is 2. The van der Waals surface area contributed by atoms with Crippen molar-refractivity contribution in [2.75, 3.05) is 6.61 Å². The maximum atomic E-state index is 14.8. The van der Waals surface area contributed by atoms with E-state index in [9.17, 15) is 27.1 Å². The summed E-state index contributed by atoms with van der Waals surface area (Å²) in [5, 5.41) is 14.2. The quantitative estimate of drug-likeness (QED) is 0.229. The highest BCUT2D eigenvalue weighted by Crippen LogP contribution is 2.52. The fourth-order valence-corrected chi connectivity index (χ4v) is 9.68. The number of rotatable bonds is 7. The van der Waals surface area contributed by atoms with Crippen LogP contribution in [0, 0.1) is 41.4 Å². The minimum atomic E-state index is -4.72. The second-order valence-corrected chi connectivity index (χ2v) is 20.0. The SMILES string of the molecule is CC(C)(C)[Si](C)(C)OCC1C(C(F)F)NC(C(F)(F)F)C(C(O)C2CCC3CCCCC3C2)C1C1CCCCC1. The van der Waals surface area contributed by atoms with Crippen LogP contribution in [-0.4, -0.2) is 50.8 Å². The van der Waals surface area contributed by atoms with Gasteiger partial charge < -0.3 is 9.53 Å². The van der Waals surface area contributed by atoms with Crippen LogP contribution >= 0.6 is 0 Å². The number of fused-ring (bicyclic) bond motifs is 1. The number of aliphatic hydroxyl groups excluding tert-OH is 1.